The van der Waals surface area contributed by atoms with Gasteiger partial charge in [0.1, 0.15) is 0 Å². The molecule has 0 N–H and O–H groups in total. The summed E-state index contributed by atoms with van der Waals surface area (Å²) >= 11 is 0. The van der Waals surface area contributed by atoms with Crippen molar-refractivity contribution >= 4 is 5.78 Å². The fourth-order valence-corrected chi connectivity index (χ4v) is 2.13. The fraction of sp³-hybridized carbons (Fsp3) is 0.286. The molecule has 0 saturated heterocycles. The Kier molecular flexibility index (Phi) is 2.20. The summed E-state index contributed by atoms with van der Waals surface area (Å²) in [5.41, 5.74) is 2.71. The molecular weight excluding hydrogens is 198 g/mol. The van der Waals surface area contributed by atoms with Crippen molar-refractivity contribution in [1.29, 1.82) is 5.26 Å². The molecule has 0 unspecified atom stereocenters. The number of fused-ring (bicyclic) bond motifs is 1. The second-order valence-electron chi connectivity index (χ2n) is 4.60. The van der Waals surface area contributed by atoms with Gasteiger partial charge in [-0.25, -0.2) is 0 Å². The molecule has 1 aromatic rings. The largest absolute Gasteiger partial charge is 0.293 e. The summed E-state index contributed by atoms with van der Waals surface area (Å²) in [6.45, 7) is 7.70. The first-order chi connectivity index (χ1) is 7.49. The third-order valence-corrected chi connectivity index (χ3v) is 3.47. The monoisotopic (exact) mass is 211 g/mol. The molecule has 0 fully saturated rings. The van der Waals surface area contributed by atoms with Gasteiger partial charge >= 0.3 is 0 Å². The van der Waals surface area contributed by atoms with Crippen LogP contribution in [0.25, 0.3) is 0 Å². The van der Waals surface area contributed by atoms with Crippen molar-refractivity contribution in [1.82, 2.24) is 0 Å². The molecule has 2 rings (SSSR count). The van der Waals surface area contributed by atoms with Crippen molar-refractivity contribution in [3.8, 4) is 6.07 Å². The number of carbonyl (C=O) groups excluding carboxylic acids is 1. The minimum absolute atomic E-state index is 0.125. The molecule has 0 aromatic heterocycles. The van der Waals surface area contributed by atoms with Crippen LogP contribution >= 0.6 is 0 Å². The molecule has 0 amide bonds. The maximum absolute atomic E-state index is 12.2. The van der Waals surface area contributed by atoms with Gasteiger partial charge < -0.3 is 0 Å². The number of nitrogens with zero attached hydrogens (tertiary/aromatic N) is 1. The van der Waals surface area contributed by atoms with Gasteiger partial charge in [0.15, 0.2) is 5.78 Å². The molecule has 0 saturated carbocycles. The van der Waals surface area contributed by atoms with Crippen molar-refractivity contribution in [2.75, 3.05) is 0 Å². The van der Waals surface area contributed by atoms with Gasteiger partial charge in [-0.2, -0.15) is 5.26 Å². The van der Waals surface area contributed by atoms with Crippen LogP contribution in [0.3, 0.4) is 0 Å². The predicted molar refractivity (Wildman–Crippen MR) is 62.1 cm³/mol. The highest BCUT2D eigenvalue weighted by Crippen LogP contribution is 2.41. The molecule has 0 heterocycles. The normalized spacial score (nSPS) is 22.7. The zero-order valence-electron chi connectivity index (χ0n) is 9.50. The number of hydrogen-bond donors (Lipinski definition) is 0. The van der Waals surface area contributed by atoms with Gasteiger partial charge in [-0.3, -0.25) is 4.79 Å². The number of allylic oxidation sites excluding steroid dienone is 1. The average Bonchev–Trinajstić information content (AvgIpc) is 2.52. The molecule has 1 aliphatic carbocycles. The molecule has 16 heavy (non-hydrogen) atoms. The van der Waals surface area contributed by atoms with Crippen molar-refractivity contribution in [2.45, 2.75) is 20.3 Å². The van der Waals surface area contributed by atoms with Gasteiger partial charge in [-0.15, -0.1) is 0 Å². The van der Waals surface area contributed by atoms with E-state index in [1.54, 1.807) is 18.2 Å². The first-order valence-electron chi connectivity index (χ1n) is 5.23. The summed E-state index contributed by atoms with van der Waals surface area (Å²) < 4.78 is 0. The van der Waals surface area contributed by atoms with Crippen LogP contribution in [0.15, 0.2) is 30.4 Å². The molecule has 0 bridgehead atoms. The second-order valence-corrected chi connectivity index (χ2v) is 4.60. The van der Waals surface area contributed by atoms with E-state index in [2.05, 4.69) is 12.6 Å². The quantitative estimate of drug-likeness (QED) is 0.670. The van der Waals surface area contributed by atoms with E-state index in [4.69, 9.17) is 5.26 Å². The topological polar surface area (TPSA) is 40.9 Å². The molecule has 2 heteroatoms. The summed E-state index contributed by atoms with van der Waals surface area (Å²) in [7, 11) is 0. The highest BCUT2D eigenvalue weighted by molar-refractivity contribution is 6.06. The number of ketones is 1. The summed E-state index contributed by atoms with van der Waals surface area (Å²) in [4.78, 5) is 12.2. The van der Waals surface area contributed by atoms with E-state index in [-0.39, 0.29) is 5.78 Å². The Bertz CT molecular complexity index is 536. The van der Waals surface area contributed by atoms with Gasteiger partial charge in [0.2, 0.25) is 0 Å². The summed E-state index contributed by atoms with van der Waals surface area (Å²) in [5, 5.41) is 8.82. The molecule has 80 valence electrons. The third-order valence-electron chi connectivity index (χ3n) is 3.47. The van der Waals surface area contributed by atoms with Crippen molar-refractivity contribution in [3.05, 3.63) is 47.0 Å². The number of Topliss-reactive ketones (excluding diaryl/α,β-unsaturated/α-hetero) is 1. The van der Waals surface area contributed by atoms with E-state index >= 15 is 0 Å². The van der Waals surface area contributed by atoms with Crippen LogP contribution in [0.4, 0.5) is 0 Å². The number of nitriles is 1. The highest BCUT2D eigenvalue weighted by Gasteiger charge is 2.41. The van der Waals surface area contributed by atoms with Crippen LogP contribution in [-0.2, 0) is 6.42 Å². The summed E-state index contributed by atoms with van der Waals surface area (Å²) in [6, 6.07) is 7.35. The SMILES string of the molecule is C=C(C)[C@]1(C)Cc2cc(C#N)ccc2C1=O. The average molecular weight is 211 g/mol. The standard InChI is InChI=1S/C14H13NO/c1-9(2)14(3)7-11-6-10(8-15)4-5-12(11)13(14)16/h4-6H,1,7H2,2-3H3/t14-/m0/s1. The van der Waals surface area contributed by atoms with Crippen molar-refractivity contribution in [2.24, 2.45) is 5.41 Å². The second kappa shape index (κ2) is 3.31. The zero-order valence-corrected chi connectivity index (χ0v) is 9.50. The van der Waals surface area contributed by atoms with Crippen LogP contribution in [-0.4, -0.2) is 5.78 Å². The van der Waals surface area contributed by atoms with Crippen LogP contribution in [0, 0.1) is 16.7 Å². The lowest BCUT2D eigenvalue weighted by molar-refractivity contribution is 0.0881. The van der Waals surface area contributed by atoms with Gasteiger partial charge in [-0.1, -0.05) is 12.2 Å². The van der Waals surface area contributed by atoms with Gasteiger partial charge in [-0.05, 0) is 44.0 Å². The first-order valence-corrected chi connectivity index (χ1v) is 5.23. The molecule has 0 radical (unpaired) electrons. The van der Waals surface area contributed by atoms with Gasteiger partial charge in [0, 0.05) is 5.56 Å². The minimum Gasteiger partial charge on any atom is -0.293 e. The van der Waals surface area contributed by atoms with Crippen LogP contribution in [0.2, 0.25) is 0 Å². The Morgan fingerprint density at radius 1 is 1.56 bits per heavy atom. The van der Waals surface area contributed by atoms with Crippen LogP contribution in [0.1, 0.15) is 35.3 Å². The first kappa shape index (κ1) is 10.6. The Balaban J connectivity index is 2.55. The van der Waals surface area contributed by atoms with Crippen LogP contribution < -0.4 is 0 Å². The molecule has 0 spiro atoms. The number of carbonyl (C=O) groups is 1. The highest BCUT2D eigenvalue weighted by atomic mass is 16.1. The maximum atomic E-state index is 12.2. The number of rotatable bonds is 1. The van der Waals surface area contributed by atoms with E-state index in [1.165, 1.54) is 0 Å². The Morgan fingerprint density at radius 2 is 2.25 bits per heavy atom. The van der Waals surface area contributed by atoms with E-state index in [0.717, 1.165) is 16.7 Å². The fourth-order valence-electron chi connectivity index (χ4n) is 2.13. The molecular formula is C14H13NO. The van der Waals surface area contributed by atoms with E-state index in [0.29, 0.717) is 12.0 Å². The number of hydrogen-bond acceptors (Lipinski definition) is 2. The lowest BCUT2D eigenvalue weighted by Gasteiger charge is -2.21. The van der Waals surface area contributed by atoms with Gasteiger partial charge in [0.05, 0.1) is 17.0 Å². The molecule has 2 nitrogen and oxygen atoms in total. The molecule has 1 aromatic carbocycles. The molecule has 0 aliphatic heterocycles. The van der Waals surface area contributed by atoms with E-state index in [1.807, 2.05) is 13.8 Å². The van der Waals surface area contributed by atoms with E-state index in [9.17, 15) is 4.79 Å². The lowest BCUT2D eigenvalue weighted by Crippen LogP contribution is -2.24. The van der Waals surface area contributed by atoms with Gasteiger partial charge in [0.25, 0.3) is 0 Å². The molecule has 1 atom stereocenters. The Morgan fingerprint density at radius 3 is 2.81 bits per heavy atom. The number of benzene rings is 1. The summed E-state index contributed by atoms with van der Waals surface area (Å²) in [5.74, 6) is 0.125. The maximum Gasteiger partial charge on any atom is 0.173 e. The lowest BCUT2D eigenvalue weighted by atomic mass is 9.80. The van der Waals surface area contributed by atoms with Crippen molar-refractivity contribution < 1.29 is 4.79 Å². The van der Waals surface area contributed by atoms with E-state index < -0.39 is 5.41 Å². The van der Waals surface area contributed by atoms with Crippen molar-refractivity contribution in [3.63, 3.8) is 0 Å². The third kappa shape index (κ3) is 1.29. The predicted octanol–water partition coefficient (Wildman–Crippen LogP) is 2.88. The van der Waals surface area contributed by atoms with Crippen LogP contribution in [0.5, 0.6) is 0 Å². The minimum atomic E-state index is -0.490. The summed E-state index contributed by atoms with van der Waals surface area (Å²) in [6.07, 6.45) is 0.659. The smallest absolute Gasteiger partial charge is 0.173 e. The Hall–Kier alpha value is -1.88. The zero-order chi connectivity index (χ0) is 11.9. The molecule has 1 aliphatic rings. The Labute approximate surface area is 95.2 Å².